The van der Waals surface area contributed by atoms with E-state index in [2.05, 4.69) is 10.3 Å². The third-order valence-electron chi connectivity index (χ3n) is 4.88. The predicted octanol–water partition coefficient (Wildman–Crippen LogP) is 2.70. The zero-order chi connectivity index (χ0) is 19.6. The number of nitrogens with one attached hydrogen (secondary N) is 1. The lowest BCUT2D eigenvalue weighted by molar-refractivity contribution is 0.0946. The molecule has 1 N–H and O–H groups in total. The smallest absolute Gasteiger partial charge is 0.252 e. The van der Waals surface area contributed by atoms with Gasteiger partial charge in [0.15, 0.2) is 0 Å². The number of sulfonamides is 1. The van der Waals surface area contributed by atoms with Crippen LogP contribution < -0.4 is 5.32 Å². The molecule has 146 valence electrons. The highest BCUT2D eigenvalue weighted by atomic mass is 32.2. The summed E-state index contributed by atoms with van der Waals surface area (Å²) in [6.07, 6.45) is 2.79. The molecule has 1 aromatic heterocycles. The molecule has 0 atom stereocenters. The van der Waals surface area contributed by atoms with Crippen LogP contribution in [0.1, 0.15) is 52.5 Å². The Bertz CT molecular complexity index is 924. The number of oxazole rings is 1. The van der Waals surface area contributed by atoms with Crippen molar-refractivity contribution in [3.63, 3.8) is 0 Å². The SMILES string of the molecule is Cc1ccc(S(=O)(=O)N2CCCCC2)cc1C(=O)NCc1nc(C)c(C)o1. The Kier molecular flexibility index (Phi) is 5.67. The van der Waals surface area contributed by atoms with Crippen molar-refractivity contribution in [2.24, 2.45) is 0 Å². The normalized spacial score (nSPS) is 15.7. The van der Waals surface area contributed by atoms with E-state index in [-0.39, 0.29) is 17.3 Å². The lowest BCUT2D eigenvalue weighted by Crippen LogP contribution is -2.35. The van der Waals surface area contributed by atoms with Gasteiger partial charge in [0.2, 0.25) is 15.9 Å². The molecule has 3 rings (SSSR count). The molecule has 0 radical (unpaired) electrons. The van der Waals surface area contributed by atoms with Crippen molar-refractivity contribution in [3.05, 3.63) is 46.7 Å². The number of nitrogens with zero attached hydrogens (tertiary/aromatic N) is 2. The summed E-state index contributed by atoms with van der Waals surface area (Å²) in [6, 6.07) is 4.70. The molecule has 1 aliphatic rings. The lowest BCUT2D eigenvalue weighted by atomic mass is 10.1. The highest BCUT2D eigenvalue weighted by Crippen LogP contribution is 2.23. The number of carbonyl (C=O) groups is 1. The van der Waals surface area contributed by atoms with Crippen LogP contribution in [0, 0.1) is 20.8 Å². The number of benzene rings is 1. The van der Waals surface area contributed by atoms with Crippen LogP contribution in [0.15, 0.2) is 27.5 Å². The van der Waals surface area contributed by atoms with Gasteiger partial charge < -0.3 is 9.73 Å². The van der Waals surface area contributed by atoms with Gasteiger partial charge in [-0.15, -0.1) is 0 Å². The minimum atomic E-state index is -3.58. The molecule has 27 heavy (non-hydrogen) atoms. The van der Waals surface area contributed by atoms with Crippen molar-refractivity contribution in [2.45, 2.75) is 51.5 Å². The second kappa shape index (κ2) is 7.82. The molecule has 0 unspecified atom stereocenters. The highest BCUT2D eigenvalue weighted by Gasteiger charge is 2.27. The molecule has 8 heteroatoms. The number of hydrogen-bond donors (Lipinski definition) is 1. The van der Waals surface area contributed by atoms with E-state index in [4.69, 9.17) is 4.42 Å². The van der Waals surface area contributed by atoms with Crippen molar-refractivity contribution in [3.8, 4) is 0 Å². The van der Waals surface area contributed by atoms with Crippen LogP contribution in [0.5, 0.6) is 0 Å². The zero-order valence-electron chi connectivity index (χ0n) is 15.9. The van der Waals surface area contributed by atoms with Crippen LogP contribution in [0.3, 0.4) is 0 Å². The largest absolute Gasteiger partial charge is 0.444 e. The molecule has 1 saturated heterocycles. The number of carbonyl (C=O) groups excluding carboxylic acids is 1. The third-order valence-corrected chi connectivity index (χ3v) is 6.77. The van der Waals surface area contributed by atoms with Gasteiger partial charge >= 0.3 is 0 Å². The Morgan fingerprint density at radius 2 is 1.89 bits per heavy atom. The van der Waals surface area contributed by atoms with Crippen LogP contribution in [-0.4, -0.2) is 36.7 Å². The van der Waals surface area contributed by atoms with Gasteiger partial charge in [0, 0.05) is 18.7 Å². The van der Waals surface area contributed by atoms with Crippen LogP contribution in [-0.2, 0) is 16.6 Å². The molecule has 0 bridgehead atoms. The summed E-state index contributed by atoms with van der Waals surface area (Å²) in [5.74, 6) is 0.787. The van der Waals surface area contributed by atoms with Crippen molar-refractivity contribution < 1.29 is 17.6 Å². The zero-order valence-corrected chi connectivity index (χ0v) is 16.7. The molecular weight excluding hydrogens is 366 g/mol. The molecule has 2 heterocycles. The first kappa shape index (κ1) is 19.6. The minimum absolute atomic E-state index is 0.149. The average Bonchev–Trinajstić information content (AvgIpc) is 2.98. The van der Waals surface area contributed by atoms with Crippen LogP contribution in [0.25, 0.3) is 0 Å². The summed E-state index contributed by atoms with van der Waals surface area (Å²) < 4.78 is 32.7. The molecule has 1 aromatic carbocycles. The van der Waals surface area contributed by atoms with E-state index < -0.39 is 10.0 Å². The molecule has 0 spiro atoms. The molecule has 0 aliphatic carbocycles. The van der Waals surface area contributed by atoms with Gasteiger partial charge in [-0.1, -0.05) is 12.5 Å². The van der Waals surface area contributed by atoms with Gasteiger partial charge in [0.05, 0.1) is 17.1 Å². The summed E-state index contributed by atoms with van der Waals surface area (Å²) in [7, 11) is -3.58. The van der Waals surface area contributed by atoms with Gasteiger partial charge in [0.25, 0.3) is 5.91 Å². The second-order valence-corrected chi connectivity index (χ2v) is 8.81. The lowest BCUT2D eigenvalue weighted by Gasteiger charge is -2.26. The minimum Gasteiger partial charge on any atom is -0.444 e. The van der Waals surface area contributed by atoms with E-state index in [0.29, 0.717) is 35.9 Å². The quantitative estimate of drug-likeness (QED) is 0.846. The van der Waals surface area contributed by atoms with Crippen LogP contribution in [0.4, 0.5) is 0 Å². The van der Waals surface area contributed by atoms with Gasteiger partial charge in [-0.05, 0) is 51.3 Å². The highest BCUT2D eigenvalue weighted by molar-refractivity contribution is 7.89. The van der Waals surface area contributed by atoms with Crippen molar-refractivity contribution >= 4 is 15.9 Å². The maximum atomic E-state index is 12.9. The molecule has 1 fully saturated rings. The van der Waals surface area contributed by atoms with E-state index in [1.807, 2.05) is 13.8 Å². The van der Waals surface area contributed by atoms with Crippen LogP contribution >= 0.6 is 0 Å². The van der Waals surface area contributed by atoms with Crippen LogP contribution in [0.2, 0.25) is 0 Å². The Hall–Kier alpha value is -2.19. The molecular formula is C19H25N3O4S. The van der Waals surface area contributed by atoms with E-state index in [1.165, 1.54) is 10.4 Å². The molecule has 0 saturated carbocycles. The van der Waals surface area contributed by atoms with Gasteiger partial charge in [0.1, 0.15) is 5.76 Å². The Labute approximate surface area is 159 Å². The number of piperidine rings is 1. The van der Waals surface area contributed by atoms with E-state index in [1.54, 1.807) is 19.1 Å². The first-order valence-corrected chi connectivity index (χ1v) is 10.5. The first-order chi connectivity index (χ1) is 12.8. The van der Waals surface area contributed by atoms with E-state index in [0.717, 1.165) is 25.0 Å². The fourth-order valence-corrected chi connectivity index (χ4v) is 4.67. The van der Waals surface area contributed by atoms with Crippen molar-refractivity contribution in [2.75, 3.05) is 13.1 Å². The van der Waals surface area contributed by atoms with Gasteiger partial charge in [-0.25, -0.2) is 13.4 Å². The topological polar surface area (TPSA) is 92.5 Å². The van der Waals surface area contributed by atoms with Gasteiger partial charge in [-0.2, -0.15) is 4.31 Å². The van der Waals surface area contributed by atoms with Gasteiger partial charge in [-0.3, -0.25) is 4.79 Å². The van der Waals surface area contributed by atoms with E-state index >= 15 is 0 Å². The number of aromatic nitrogens is 1. The maximum absolute atomic E-state index is 12.9. The monoisotopic (exact) mass is 391 g/mol. The van der Waals surface area contributed by atoms with Crippen molar-refractivity contribution in [1.82, 2.24) is 14.6 Å². The maximum Gasteiger partial charge on any atom is 0.252 e. The molecule has 7 nitrogen and oxygen atoms in total. The average molecular weight is 391 g/mol. The molecule has 1 amide bonds. The fourth-order valence-electron chi connectivity index (χ4n) is 3.13. The molecule has 1 aliphatic heterocycles. The van der Waals surface area contributed by atoms with Crippen molar-refractivity contribution in [1.29, 1.82) is 0 Å². The summed E-state index contributed by atoms with van der Waals surface area (Å²) in [5, 5.41) is 2.75. The second-order valence-electron chi connectivity index (χ2n) is 6.87. The summed E-state index contributed by atoms with van der Waals surface area (Å²) in [6.45, 7) is 6.64. The Balaban J connectivity index is 1.79. The predicted molar refractivity (Wildman–Crippen MR) is 101 cm³/mol. The number of aryl methyl sites for hydroxylation is 3. The summed E-state index contributed by atoms with van der Waals surface area (Å²) in [5.41, 5.74) is 1.84. The van der Waals surface area contributed by atoms with E-state index in [9.17, 15) is 13.2 Å². The summed E-state index contributed by atoms with van der Waals surface area (Å²) >= 11 is 0. The Morgan fingerprint density at radius 1 is 1.19 bits per heavy atom. The summed E-state index contributed by atoms with van der Waals surface area (Å²) in [4.78, 5) is 17.0. The fraction of sp³-hybridized carbons (Fsp3) is 0.474. The third kappa shape index (κ3) is 4.22. The molecule has 2 aromatic rings. The number of rotatable bonds is 5. The standard InChI is InChI=1S/C19H25N3O4S/c1-13-7-8-16(27(24,25)22-9-5-4-6-10-22)11-17(13)19(23)20-12-18-21-14(2)15(3)26-18/h7-8,11H,4-6,9-10,12H2,1-3H3,(H,20,23). The first-order valence-electron chi connectivity index (χ1n) is 9.11. The number of amides is 1. The Morgan fingerprint density at radius 3 is 2.52 bits per heavy atom. The number of hydrogen-bond acceptors (Lipinski definition) is 5.